The number of nitrogens with zero attached hydrogens (tertiary/aromatic N) is 4. The summed E-state index contributed by atoms with van der Waals surface area (Å²) in [5.41, 5.74) is 7.61. The predicted molar refractivity (Wildman–Crippen MR) is 121 cm³/mol. The molecule has 0 bridgehead atoms. The molecule has 0 spiro atoms. The van der Waals surface area contributed by atoms with Gasteiger partial charge in [0.05, 0.1) is 18.2 Å². The lowest BCUT2D eigenvalue weighted by molar-refractivity contribution is -0.132. The first kappa shape index (κ1) is 19.9. The first-order valence-corrected chi connectivity index (χ1v) is 11.1. The standard InChI is InChI=1S/C26H28N4O/c1-19-6-9-23-22(16-19)8-7-21-5-3-11-28-25(21)26(23)30-14-12-29(13-15-30)24(31)17-20-4-2-10-27-18-20/h2-6,9-11,16,18,26H,7-8,12-15,17H2,1H3/t26-/m1/s1. The molecular weight excluding hydrogens is 384 g/mol. The molecule has 0 saturated carbocycles. The number of hydrogen-bond donors (Lipinski definition) is 0. The Labute approximate surface area is 183 Å². The molecule has 1 amide bonds. The summed E-state index contributed by atoms with van der Waals surface area (Å²) >= 11 is 0. The summed E-state index contributed by atoms with van der Waals surface area (Å²) in [4.78, 5) is 26.3. The number of hydrogen-bond acceptors (Lipinski definition) is 4. The molecule has 0 radical (unpaired) electrons. The predicted octanol–water partition coefficient (Wildman–Crippen LogP) is 3.36. The molecule has 3 aromatic rings. The van der Waals surface area contributed by atoms with E-state index in [1.807, 2.05) is 29.3 Å². The maximum atomic E-state index is 12.8. The van der Waals surface area contributed by atoms with Crippen molar-refractivity contribution in [2.45, 2.75) is 32.2 Å². The fourth-order valence-corrected chi connectivity index (χ4v) is 4.93. The zero-order chi connectivity index (χ0) is 21.2. The van der Waals surface area contributed by atoms with Gasteiger partial charge in [-0.3, -0.25) is 19.7 Å². The van der Waals surface area contributed by atoms with Crippen LogP contribution in [0.15, 0.2) is 61.1 Å². The lowest BCUT2D eigenvalue weighted by Crippen LogP contribution is -2.50. The first-order valence-electron chi connectivity index (χ1n) is 11.1. The fraction of sp³-hybridized carbons (Fsp3) is 0.346. The smallest absolute Gasteiger partial charge is 0.227 e. The van der Waals surface area contributed by atoms with E-state index in [1.165, 1.54) is 27.9 Å². The van der Waals surface area contributed by atoms with Crippen molar-refractivity contribution in [3.05, 3.63) is 94.6 Å². The number of benzene rings is 1. The Bertz CT molecular complexity index is 1070. The summed E-state index contributed by atoms with van der Waals surface area (Å²) in [6, 6.07) is 15.1. The van der Waals surface area contributed by atoms with Gasteiger partial charge in [-0.05, 0) is 54.2 Å². The third kappa shape index (κ3) is 4.10. The molecule has 5 heteroatoms. The van der Waals surface area contributed by atoms with E-state index in [2.05, 4.69) is 41.1 Å². The second-order valence-corrected chi connectivity index (χ2v) is 8.61. The van der Waals surface area contributed by atoms with E-state index in [0.29, 0.717) is 6.42 Å². The summed E-state index contributed by atoms with van der Waals surface area (Å²) in [6.45, 7) is 5.37. The Kier molecular flexibility index (Phi) is 5.51. The van der Waals surface area contributed by atoms with Gasteiger partial charge in [-0.15, -0.1) is 0 Å². The van der Waals surface area contributed by atoms with Gasteiger partial charge in [0.25, 0.3) is 0 Å². The third-order valence-corrected chi connectivity index (χ3v) is 6.55. The zero-order valence-electron chi connectivity index (χ0n) is 18.0. The van der Waals surface area contributed by atoms with Crippen LogP contribution in [-0.2, 0) is 24.1 Å². The largest absolute Gasteiger partial charge is 0.340 e. The van der Waals surface area contributed by atoms with Gasteiger partial charge >= 0.3 is 0 Å². The van der Waals surface area contributed by atoms with Gasteiger partial charge in [-0.25, -0.2) is 0 Å². The van der Waals surface area contributed by atoms with Crippen LogP contribution in [-0.4, -0.2) is 51.9 Å². The highest BCUT2D eigenvalue weighted by Crippen LogP contribution is 2.36. The number of aromatic nitrogens is 2. The first-order chi connectivity index (χ1) is 15.2. The number of aryl methyl sites for hydroxylation is 3. The van der Waals surface area contributed by atoms with E-state index in [0.717, 1.165) is 44.6 Å². The molecule has 1 aromatic carbocycles. The van der Waals surface area contributed by atoms with E-state index in [1.54, 1.807) is 12.4 Å². The van der Waals surface area contributed by atoms with Gasteiger partial charge < -0.3 is 4.90 Å². The van der Waals surface area contributed by atoms with E-state index in [4.69, 9.17) is 4.98 Å². The quantitative estimate of drug-likeness (QED) is 0.662. The van der Waals surface area contributed by atoms with Crippen molar-refractivity contribution in [2.24, 2.45) is 0 Å². The number of pyridine rings is 2. The van der Waals surface area contributed by atoms with Crippen molar-refractivity contribution in [3.8, 4) is 0 Å². The summed E-state index contributed by atoms with van der Waals surface area (Å²) in [6.07, 6.45) is 7.93. The molecule has 0 unspecified atom stereocenters. The maximum Gasteiger partial charge on any atom is 0.227 e. The fourth-order valence-electron chi connectivity index (χ4n) is 4.93. The number of fused-ring (bicyclic) bond motifs is 2. The van der Waals surface area contributed by atoms with Gasteiger partial charge in [0.1, 0.15) is 0 Å². The molecule has 5 nitrogen and oxygen atoms in total. The monoisotopic (exact) mass is 412 g/mol. The van der Waals surface area contributed by atoms with E-state index >= 15 is 0 Å². The lowest BCUT2D eigenvalue weighted by Gasteiger charge is -2.40. The average molecular weight is 413 g/mol. The van der Waals surface area contributed by atoms with Crippen LogP contribution in [0.3, 0.4) is 0 Å². The van der Waals surface area contributed by atoms with Crippen molar-refractivity contribution in [3.63, 3.8) is 0 Å². The van der Waals surface area contributed by atoms with E-state index in [9.17, 15) is 4.79 Å². The Balaban J connectivity index is 1.37. The second kappa shape index (κ2) is 8.60. The van der Waals surface area contributed by atoms with Crippen molar-refractivity contribution >= 4 is 5.91 Å². The molecule has 31 heavy (non-hydrogen) atoms. The molecule has 5 rings (SSSR count). The highest BCUT2D eigenvalue weighted by Gasteiger charge is 2.32. The van der Waals surface area contributed by atoms with Gasteiger partial charge in [-0.1, -0.05) is 35.9 Å². The van der Waals surface area contributed by atoms with Crippen molar-refractivity contribution in [1.82, 2.24) is 19.8 Å². The van der Waals surface area contributed by atoms with Crippen molar-refractivity contribution in [1.29, 1.82) is 0 Å². The van der Waals surface area contributed by atoms with Gasteiger partial charge in [0.2, 0.25) is 5.91 Å². The molecule has 158 valence electrons. The number of carbonyl (C=O) groups is 1. The Hall–Kier alpha value is -3.05. The van der Waals surface area contributed by atoms with Crippen LogP contribution in [0.2, 0.25) is 0 Å². The molecule has 0 N–H and O–H groups in total. The lowest BCUT2D eigenvalue weighted by atomic mass is 9.94. The molecule has 2 aliphatic rings. The van der Waals surface area contributed by atoms with E-state index in [-0.39, 0.29) is 11.9 Å². The molecule has 3 heterocycles. The second-order valence-electron chi connectivity index (χ2n) is 8.61. The highest BCUT2D eigenvalue weighted by atomic mass is 16.2. The maximum absolute atomic E-state index is 12.8. The van der Waals surface area contributed by atoms with Crippen LogP contribution in [0, 0.1) is 6.92 Å². The summed E-state index contributed by atoms with van der Waals surface area (Å²) in [5, 5.41) is 0. The number of carbonyl (C=O) groups excluding carboxylic acids is 1. The molecular formula is C26H28N4O. The van der Waals surface area contributed by atoms with Crippen LogP contribution < -0.4 is 0 Å². The molecule has 1 saturated heterocycles. The number of piperazine rings is 1. The molecule has 2 aromatic heterocycles. The minimum atomic E-state index is 0.157. The normalized spacial score (nSPS) is 18.7. The molecule has 1 fully saturated rings. The molecule has 1 aliphatic heterocycles. The zero-order valence-corrected chi connectivity index (χ0v) is 18.0. The minimum absolute atomic E-state index is 0.157. The van der Waals surface area contributed by atoms with Crippen LogP contribution >= 0.6 is 0 Å². The summed E-state index contributed by atoms with van der Waals surface area (Å²) < 4.78 is 0. The third-order valence-electron chi connectivity index (χ3n) is 6.55. The van der Waals surface area contributed by atoms with Crippen molar-refractivity contribution < 1.29 is 4.79 Å². The van der Waals surface area contributed by atoms with Crippen LogP contribution in [0.1, 0.15) is 39.6 Å². The summed E-state index contributed by atoms with van der Waals surface area (Å²) in [5.74, 6) is 0.183. The molecule has 1 aliphatic carbocycles. The van der Waals surface area contributed by atoms with Crippen LogP contribution in [0.25, 0.3) is 0 Å². The Morgan fingerprint density at radius 3 is 2.61 bits per heavy atom. The van der Waals surface area contributed by atoms with Crippen LogP contribution in [0.5, 0.6) is 0 Å². The SMILES string of the molecule is Cc1ccc2c(c1)CCc1cccnc1[C@@H]2N1CCN(C(=O)Cc2cccnc2)CC1. The Morgan fingerprint density at radius 2 is 1.81 bits per heavy atom. The highest BCUT2D eigenvalue weighted by molar-refractivity contribution is 5.78. The topological polar surface area (TPSA) is 49.3 Å². The van der Waals surface area contributed by atoms with Gasteiger partial charge in [-0.2, -0.15) is 0 Å². The van der Waals surface area contributed by atoms with Gasteiger partial charge in [0, 0.05) is 44.8 Å². The molecule has 1 atom stereocenters. The summed E-state index contributed by atoms with van der Waals surface area (Å²) in [7, 11) is 0. The van der Waals surface area contributed by atoms with Crippen LogP contribution in [0.4, 0.5) is 0 Å². The number of rotatable bonds is 3. The minimum Gasteiger partial charge on any atom is -0.340 e. The van der Waals surface area contributed by atoms with Crippen molar-refractivity contribution in [2.75, 3.05) is 26.2 Å². The van der Waals surface area contributed by atoms with Gasteiger partial charge in [0.15, 0.2) is 0 Å². The Morgan fingerprint density at radius 1 is 1.00 bits per heavy atom. The number of amides is 1. The van der Waals surface area contributed by atoms with E-state index < -0.39 is 0 Å². The average Bonchev–Trinajstić information content (AvgIpc) is 2.96.